The van der Waals surface area contributed by atoms with Gasteiger partial charge in [0.1, 0.15) is 5.75 Å². The Labute approximate surface area is 205 Å². The molecule has 35 heavy (non-hydrogen) atoms. The summed E-state index contributed by atoms with van der Waals surface area (Å²) in [5.41, 5.74) is 2.51. The fourth-order valence-electron chi connectivity index (χ4n) is 4.92. The molecule has 0 aliphatic carbocycles. The molecule has 1 aliphatic rings. The van der Waals surface area contributed by atoms with Crippen molar-refractivity contribution < 1.29 is 19.7 Å². The second-order valence-corrected chi connectivity index (χ2v) is 9.06. The third-order valence-corrected chi connectivity index (χ3v) is 6.76. The summed E-state index contributed by atoms with van der Waals surface area (Å²) in [7, 11) is 1.62. The monoisotopic (exact) mass is 473 g/mol. The molecule has 1 saturated heterocycles. The minimum atomic E-state index is -0.781. The third kappa shape index (κ3) is 6.56. The van der Waals surface area contributed by atoms with Gasteiger partial charge in [0.05, 0.1) is 25.3 Å². The molecule has 0 radical (unpaired) electrons. The lowest BCUT2D eigenvalue weighted by molar-refractivity contribution is -0.139. The maximum Gasteiger partial charge on any atom is 0.303 e. The second-order valence-electron chi connectivity index (χ2n) is 9.06. The number of nitrogens with zero attached hydrogens (tertiary/aromatic N) is 3. The minimum absolute atomic E-state index is 0.0305. The van der Waals surface area contributed by atoms with Gasteiger partial charge in [0, 0.05) is 42.5 Å². The maximum absolute atomic E-state index is 11.6. The van der Waals surface area contributed by atoms with Gasteiger partial charge in [0.25, 0.3) is 0 Å². The number of carbonyl (C=O) groups is 1. The molecule has 0 spiro atoms. The van der Waals surface area contributed by atoms with E-state index in [-0.39, 0.29) is 18.3 Å². The topological polar surface area (TPSA) is 95.8 Å². The highest BCUT2D eigenvalue weighted by molar-refractivity contribution is 5.83. The number of rotatable bonds is 8. The van der Waals surface area contributed by atoms with Crippen LogP contribution in [0.1, 0.15) is 42.9 Å². The van der Waals surface area contributed by atoms with Crippen LogP contribution in [0.2, 0.25) is 0 Å². The number of likely N-dealkylation sites (tertiary alicyclic amines) is 1. The highest BCUT2D eigenvalue weighted by Gasteiger charge is 2.31. The number of aliphatic carboxylic acids is 1. The average Bonchev–Trinajstić information content (AvgIpc) is 2.87. The van der Waals surface area contributed by atoms with Gasteiger partial charge in [-0.25, -0.2) is 0 Å². The van der Waals surface area contributed by atoms with Gasteiger partial charge in [0.15, 0.2) is 0 Å². The summed E-state index contributed by atoms with van der Waals surface area (Å²) in [5, 5.41) is 21.4. The van der Waals surface area contributed by atoms with Crippen molar-refractivity contribution in [1.82, 2.24) is 14.9 Å². The van der Waals surface area contributed by atoms with Gasteiger partial charge in [0.2, 0.25) is 0 Å². The predicted octanol–water partition coefficient (Wildman–Crippen LogP) is 3.92. The first-order chi connectivity index (χ1) is 17.0. The summed E-state index contributed by atoms with van der Waals surface area (Å²) >= 11 is 0. The van der Waals surface area contributed by atoms with Crippen molar-refractivity contribution in [3.8, 4) is 17.6 Å². The lowest BCUT2D eigenvalue weighted by atomic mass is 9.79. The molecular formula is C28H31N3O4. The number of aromatic nitrogens is 2. The first-order valence-corrected chi connectivity index (χ1v) is 12.0. The van der Waals surface area contributed by atoms with Crippen molar-refractivity contribution in [2.24, 2.45) is 11.8 Å². The molecule has 4 rings (SSSR count). The number of aliphatic hydroxyl groups is 1. The molecule has 7 nitrogen and oxygen atoms in total. The number of aliphatic hydroxyl groups excluding tert-OH is 1. The normalized spacial score (nSPS) is 19.0. The number of carboxylic acids is 1. The molecule has 3 heterocycles. The number of hydrogen-bond acceptors (Lipinski definition) is 6. The van der Waals surface area contributed by atoms with E-state index < -0.39 is 12.1 Å². The van der Waals surface area contributed by atoms with Crippen LogP contribution in [0.25, 0.3) is 10.9 Å². The molecule has 0 saturated carbocycles. The zero-order valence-electron chi connectivity index (χ0n) is 19.9. The molecule has 0 amide bonds. The second kappa shape index (κ2) is 11.8. The van der Waals surface area contributed by atoms with E-state index >= 15 is 0 Å². The number of hydrogen-bond donors (Lipinski definition) is 2. The quantitative estimate of drug-likeness (QED) is 0.479. The van der Waals surface area contributed by atoms with Crippen LogP contribution >= 0.6 is 0 Å². The zero-order chi connectivity index (χ0) is 24.6. The first kappa shape index (κ1) is 24.6. The van der Waals surface area contributed by atoms with Crippen LogP contribution in [-0.4, -0.2) is 57.8 Å². The number of piperidine rings is 1. The van der Waals surface area contributed by atoms with Gasteiger partial charge in [-0.05, 0) is 79.6 Å². The fourth-order valence-corrected chi connectivity index (χ4v) is 4.92. The van der Waals surface area contributed by atoms with Gasteiger partial charge in [-0.3, -0.25) is 19.7 Å². The SMILES string of the molecule is COc1ccc2nccc([C@H](O)CC[C@@H]3CCN(CC#Cc4cccnc4)C[C@@H]3CC(=O)O)c2c1. The van der Waals surface area contributed by atoms with Crippen LogP contribution in [0.5, 0.6) is 5.75 Å². The smallest absolute Gasteiger partial charge is 0.303 e. The van der Waals surface area contributed by atoms with E-state index in [0.717, 1.165) is 47.2 Å². The Balaban J connectivity index is 1.39. The van der Waals surface area contributed by atoms with Crippen LogP contribution in [0.3, 0.4) is 0 Å². The molecule has 3 atom stereocenters. The first-order valence-electron chi connectivity index (χ1n) is 12.0. The number of methoxy groups -OCH3 is 1. The Bertz CT molecular complexity index is 1210. The van der Waals surface area contributed by atoms with E-state index in [1.807, 2.05) is 36.4 Å². The van der Waals surface area contributed by atoms with Crippen molar-refractivity contribution in [2.45, 2.75) is 31.8 Å². The van der Waals surface area contributed by atoms with Crippen molar-refractivity contribution in [2.75, 3.05) is 26.7 Å². The standard InChI is InChI=1S/C28H31N3O4/c1-35-23-7-8-26-25(17-23)24(10-13-30-26)27(32)9-6-21-11-15-31(19-22(21)16-28(33)34)14-3-5-20-4-2-12-29-18-20/h2,4,7-8,10,12-13,17-18,21-22,27,32H,6,9,11,14-16,19H2,1H3,(H,33,34)/t21-,22+,27-/m1/s1. The van der Waals surface area contributed by atoms with Crippen LogP contribution in [-0.2, 0) is 4.79 Å². The molecule has 0 bridgehead atoms. The lowest BCUT2D eigenvalue weighted by Gasteiger charge is -2.37. The van der Waals surface area contributed by atoms with Gasteiger partial charge in [-0.2, -0.15) is 0 Å². The molecule has 1 aliphatic heterocycles. The van der Waals surface area contributed by atoms with Crippen molar-refractivity contribution in [1.29, 1.82) is 0 Å². The molecule has 2 N–H and O–H groups in total. The van der Waals surface area contributed by atoms with Gasteiger partial charge in [-0.1, -0.05) is 11.8 Å². The number of fused-ring (bicyclic) bond motifs is 1. The molecule has 2 aromatic heterocycles. The summed E-state index contributed by atoms with van der Waals surface area (Å²) < 4.78 is 5.34. The van der Waals surface area contributed by atoms with Crippen LogP contribution in [0.15, 0.2) is 55.0 Å². The van der Waals surface area contributed by atoms with Crippen LogP contribution in [0.4, 0.5) is 0 Å². The minimum Gasteiger partial charge on any atom is -0.497 e. The van der Waals surface area contributed by atoms with Crippen LogP contribution in [0, 0.1) is 23.7 Å². The highest BCUT2D eigenvalue weighted by atomic mass is 16.5. The third-order valence-electron chi connectivity index (χ3n) is 6.76. The number of carboxylic acid groups (broad SMARTS) is 1. The summed E-state index contributed by atoms with van der Waals surface area (Å²) in [4.78, 5) is 22.3. The van der Waals surface area contributed by atoms with E-state index in [9.17, 15) is 15.0 Å². The van der Waals surface area contributed by atoms with E-state index in [4.69, 9.17) is 4.74 Å². The summed E-state index contributed by atoms with van der Waals surface area (Å²) in [6, 6.07) is 11.3. The molecule has 1 aromatic carbocycles. The number of ether oxygens (including phenoxy) is 1. The average molecular weight is 474 g/mol. The molecule has 3 aromatic rings. The predicted molar refractivity (Wildman–Crippen MR) is 134 cm³/mol. The van der Waals surface area contributed by atoms with Gasteiger partial charge in [-0.15, -0.1) is 0 Å². The Hall–Kier alpha value is -3.47. The fraction of sp³-hybridized carbons (Fsp3) is 0.393. The summed E-state index contributed by atoms with van der Waals surface area (Å²) in [6.45, 7) is 2.17. The highest BCUT2D eigenvalue weighted by Crippen LogP contribution is 2.34. The van der Waals surface area contributed by atoms with E-state index in [1.165, 1.54) is 0 Å². The number of benzene rings is 1. The van der Waals surface area contributed by atoms with E-state index in [2.05, 4.69) is 26.7 Å². The van der Waals surface area contributed by atoms with E-state index in [1.54, 1.807) is 25.7 Å². The zero-order valence-corrected chi connectivity index (χ0v) is 19.9. The molecule has 0 unspecified atom stereocenters. The van der Waals surface area contributed by atoms with Crippen molar-refractivity contribution >= 4 is 16.9 Å². The van der Waals surface area contributed by atoms with Gasteiger partial charge < -0.3 is 14.9 Å². The summed E-state index contributed by atoms with van der Waals surface area (Å²) in [5.74, 6) is 6.53. The lowest BCUT2D eigenvalue weighted by Crippen LogP contribution is -2.41. The Morgan fingerprint density at radius 1 is 1.26 bits per heavy atom. The van der Waals surface area contributed by atoms with Crippen molar-refractivity contribution in [3.05, 3.63) is 66.1 Å². The molecular weight excluding hydrogens is 442 g/mol. The largest absolute Gasteiger partial charge is 0.497 e. The van der Waals surface area contributed by atoms with Crippen molar-refractivity contribution in [3.63, 3.8) is 0 Å². The Morgan fingerprint density at radius 3 is 2.91 bits per heavy atom. The van der Waals surface area contributed by atoms with Crippen LogP contribution < -0.4 is 4.74 Å². The summed E-state index contributed by atoms with van der Waals surface area (Å²) in [6.07, 6.45) is 6.87. The number of pyridine rings is 2. The van der Waals surface area contributed by atoms with Gasteiger partial charge >= 0.3 is 5.97 Å². The maximum atomic E-state index is 11.6. The molecule has 1 fully saturated rings. The Kier molecular flexibility index (Phi) is 8.30. The van der Waals surface area contributed by atoms with E-state index in [0.29, 0.717) is 19.5 Å². The molecule has 182 valence electrons. The molecule has 7 heteroatoms. The Morgan fingerprint density at radius 2 is 2.14 bits per heavy atom.